The van der Waals surface area contributed by atoms with Crippen molar-refractivity contribution in [2.24, 2.45) is 5.92 Å². The van der Waals surface area contributed by atoms with Crippen molar-refractivity contribution >= 4 is 28.9 Å². The number of rotatable bonds is 6. The molecule has 2 fully saturated rings. The summed E-state index contributed by atoms with van der Waals surface area (Å²) in [5, 5.41) is 12.9. The van der Waals surface area contributed by atoms with Crippen LogP contribution in [0.5, 0.6) is 0 Å². The van der Waals surface area contributed by atoms with Crippen LogP contribution in [-0.4, -0.2) is 67.6 Å². The number of nitriles is 1. The molecule has 0 saturated carbocycles. The van der Waals surface area contributed by atoms with Gasteiger partial charge in [-0.25, -0.2) is 0 Å². The average molecular weight is 534 g/mol. The quantitative estimate of drug-likeness (QED) is 0.560. The number of hydrogen-bond donors (Lipinski definition) is 1. The Labute approximate surface area is 220 Å². The minimum absolute atomic E-state index is 0.125. The summed E-state index contributed by atoms with van der Waals surface area (Å²) in [6.07, 6.45) is -2.66. The molecule has 0 radical (unpaired) electrons. The maximum absolute atomic E-state index is 13.1. The van der Waals surface area contributed by atoms with Gasteiger partial charge in [0, 0.05) is 69.1 Å². The van der Waals surface area contributed by atoms with Crippen LogP contribution in [-0.2, 0) is 11.0 Å². The SMILES string of the molecule is CC(CN1CCN(c2ccc(C(F)(F)F)cc2)CC1)C(=O)N1CCC(Nc2ccc(C#N)c(Cl)c2)CC1. The Bertz CT molecular complexity index is 1120. The van der Waals surface area contributed by atoms with Gasteiger partial charge < -0.3 is 15.1 Å². The highest BCUT2D eigenvalue weighted by Gasteiger charge is 2.31. The Kier molecular flexibility index (Phi) is 8.50. The lowest BCUT2D eigenvalue weighted by Gasteiger charge is -2.38. The Morgan fingerprint density at radius 1 is 1.08 bits per heavy atom. The molecule has 6 nitrogen and oxygen atoms in total. The first-order valence-corrected chi connectivity index (χ1v) is 12.9. The van der Waals surface area contributed by atoms with Crippen LogP contribution in [0.2, 0.25) is 5.02 Å². The second kappa shape index (κ2) is 11.6. The number of anilines is 2. The maximum atomic E-state index is 13.1. The number of nitrogens with zero attached hydrogens (tertiary/aromatic N) is 4. The Hall–Kier alpha value is -2.96. The standard InChI is InChI=1S/C27H31ClF3N5O/c1-19(18-34-12-14-35(15-13-34)24-6-3-21(4-7-24)27(29,30)31)26(37)36-10-8-22(9-11-36)33-23-5-2-20(17-32)25(28)16-23/h2-7,16,19,22,33H,8-15,18H2,1H3. The smallest absolute Gasteiger partial charge is 0.382 e. The molecule has 0 spiro atoms. The van der Waals surface area contributed by atoms with Crippen LogP contribution in [0.25, 0.3) is 0 Å². The van der Waals surface area contributed by atoms with E-state index in [1.807, 2.05) is 17.9 Å². The van der Waals surface area contributed by atoms with Gasteiger partial charge in [0.2, 0.25) is 5.91 Å². The zero-order valence-corrected chi connectivity index (χ0v) is 21.5. The van der Waals surface area contributed by atoms with E-state index >= 15 is 0 Å². The predicted octanol–water partition coefficient (Wildman–Crippen LogP) is 5.09. The van der Waals surface area contributed by atoms with Crippen LogP contribution in [0.3, 0.4) is 0 Å². The van der Waals surface area contributed by atoms with Gasteiger partial charge in [0.05, 0.1) is 16.1 Å². The molecule has 2 aliphatic heterocycles. The molecule has 37 heavy (non-hydrogen) atoms. The molecule has 1 atom stereocenters. The number of alkyl halides is 3. The van der Waals surface area contributed by atoms with Crippen molar-refractivity contribution in [3.63, 3.8) is 0 Å². The lowest BCUT2D eigenvalue weighted by atomic mass is 10.0. The first-order valence-electron chi connectivity index (χ1n) is 12.5. The van der Waals surface area contributed by atoms with Gasteiger partial charge in [-0.15, -0.1) is 0 Å². The van der Waals surface area contributed by atoms with Crippen LogP contribution in [0.4, 0.5) is 24.5 Å². The third-order valence-corrected chi connectivity index (χ3v) is 7.47. The van der Waals surface area contributed by atoms with Crippen molar-refractivity contribution in [3.8, 4) is 6.07 Å². The summed E-state index contributed by atoms with van der Waals surface area (Å²) in [5.41, 5.74) is 1.47. The molecule has 2 heterocycles. The van der Waals surface area contributed by atoms with Gasteiger partial charge in [-0.1, -0.05) is 18.5 Å². The van der Waals surface area contributed by atoms with Gasteiger partial charge in [-0.3, -0.25) is 9.69 Å². The zero-order valence-electron chi connectivity index (χ0n) is 20.8. The second-order valence-electron chi connectivity index (χ2n) is 9.78. The van der Waals surface area contributed by atoms with Crippen molar-refractivity contribution in [1.82, 2.24) is 9.80 Å². The summed E-state index contributed by atoms with van der Waals surface area (Å²) >= 11 is 6.13. The van der Waals surface area contributed by atoms with Gasteiger partial charge in [0.1, 0.15) is 6.07 Å². The Morgan fingerprint density at radius 2 is 1.73 bits per heavy atom. The average Bonchev–Trinajstić information content (AvgIpc) is 2.89. The fourth-order valence-electron chi connectivity index (χ4n) is 5.00. The van der Waals surface area contributed by atoms with Crippen LogP contribution in [0, 0.1) is 17.2 Å². The van der Waals surface area contributed by atoms with Crippen LogP contribution >= 0.6 is 11.6 Å². The van der Waals surface area contributed by atoms with Gasteiger partial charge in [0.15, 0.2) is 0 Å². The molecular formula is C27H31ClF3N5O. The molecule has 198 valence electrons. The normalized spacial score (nSPS) is 18.4. The predicted molar refractivity (Wildman–Crippen MR) is 139 cm³/mol. The van der Waals surface area contributed by atoms with E-state index in [0.29, 0.717) is 43.3 Å². The van der Waals surface area contributed by atoms with Crippen LogP contribution in [0.15, 0.2) is 42.5 Å². The minimum Gasteiger partial charge on any atom is -0.382 e. The first-order chi connectivity index (χ1) is 17.6. The highest BCUT2D eigenvalue weighted by atomic mass is 35.5. The highest BCUT2D eigenvalue weighted by molar-refractivity contribution is 6.32. The van der Waals surface area contributed by atoms with Crippen molar-refractivity contribution in [2.75, 3.05) is 56.0 Å². The number of hydrogen-bond acceptors (Lipinski definition) is 5. The van der Waals surface area contributed by atoms with Crippen molar-refractivity contribution in [3.05, 3.63) is 58.6 Å². The van der Waals surface area contributed by atoms with E-state index < -0.39 is 11.7 Å². The number of amides is 1. The summed E-state index contributed by atoms with van der Waals surface area (Å²) < 4.78 is 38.4. The molecule has 2 aromatic carbocycles. The number of nitrogens with one attached hydrogen (secondary N) is 1. The number of likely N-dealkylation sites (tertiary alicyclic amines) is 1. The monoisotopic (exact) mass is 533 g/mol. The molecule has 0 bridgehead atoms. The minimum atomic E-state index is -4.33. The van der Waals surface area contributed by atoms with E-state index in [1.165, 1.54) is 12.1 Å². The van der Waals surface area contributed by atoms with Crippen molar-refractivity contribution in [1.29, 1.82) is 5.26 Å². The molecule has 0 aromatic heterocycles. The van der Waals surface area contributed by atoms with Crippen molar-refractivity contribution < 1.29 is 18.0 Å². The molecule has 2 aromatic rings. The van der Waals surface area contributed by atoms with Gasteiger partial charge in [-0.2, -0.15) is 18.4 Å². The number of benzene rings is 2. The molecule has 1 N–H and O–H groups in total. The van der Waals surface area contributed by atoms with Crippen molar-refractivity contribution in [2.45, 2.75) is 32.0 Å². The molecular weight excluding hydrogens is 503 g/mol. The van der Waals surface area contributed by atoms with E-state index in [0.717, 1.165) is 49.4 Å². The van der Waals surface area contributed by atoms with E-state index in [9.17, 15) is 18.0 Å². The van der Waals surface area contributed by atoms with Gasteiger partial charge in [0.25, 0.3) is 0 Å². The summed E-state index contributed by atoms with van der Waals surface area (Å²) in [4.78, 5) is 19.4. The zero-order chi connectivity index (χ0) is 26.6. The topological polar surface area (TPSA) is 62.6 Å². The second-order valence-corrected chi connectivity index (χ2v) is 10.2. The van der Waals surface area contributed by atoms with E-state index in [-0.39, 0.29) is 17.9 Å². The summed E-state index contributed by atoms with van der Waals surface area (Å²) in [6, 6.07) is 12.9. The van der Waals surface area contributed by atoms with E-state index in [4.69, 9.17) is 16.9 Å². The number of piperidine rings is 1. The fraction of sp³-hybridized carbons (Fsp3) is 0.481. The fourth-order valence-corrected chi connectivity index (χ4v) is 5.23. The first kappa shape index (κ1) is 27.1. The Morgan fingerprint density at radius 3 is 2.30 bits per heavy atom. The van der Waals surface area contributed by atoms with Gasteiger partial charge >= 0.3 is 6.18 Å². The lowest BCUT2D eigenvalue weighted by Crippen LogP contribution is -2.50. The largest absolute Gasteiger partial charge is 0.416 e. The number of piperazine rings is 1. The number of carbonyl (C=O) groups is 1. The van der Waals surface area contributed by atoms with Crippen LogP contribution < -0.4 is 10.2 Å². The summed E-state index contributed by atoms with van der Waals surface area (Å²) in [6.45, 7) is 6.95. The molecule has 1 amide bonds. The highest BCUT2D eigenvalue weighted by Crippen LogP contribution is 2.31. The molecule has 10 heteroatoms. The lowest BCUT2D eigenvalue weighted by molar-refractivity contribution is -0.138. The number of halogens is 4. The summed E-state index contributed by atoms with van der Waals surface area (Å²) in [5.74, 6) is 0.0319. The van der Waals surface area contributed by atoms with E-state index in [2.05, 4.69) is 21.2 Å². The molecule has 0 aliphatic carbocycles. The third-order valence-electron chi connectivity index (χ3n) is 7.15. The number of carbonyl (C=O) groups excluding carboxylic acids is 1. The third kappa shape index (κ3) is 6.88. The van der Waals surface area contributed by atoms with Gasteiger partial charge in [-0.05, 0) is 55.3 Å². The molecule has 2 aliphatic rings. The maximum Gasteiger partial charge on any atom is 0.416 e. The molecule has 2 saturated heterocycles. The van der Waals surface area contributed by atoms with E-state index in [1.54, 1.807) is 12.1 Å². The molecule has 4 rings (SSSR count). The Balaban J connectivity index is 1.20. The van der Waals surface area contributed by atoms with Crippen LogP contribution in [0.1, 0.15) is 30.9 Å². The summed E-state index contributed by atoms with van der Waals surface area (Å²) in [7, 11) is 0. The molecule has 1 unspecified atom stereocenters.